The molecule has 0 radical (unpaired) electrons. The zero-order chi connectivity index (χ0) is 25.6. The van der Waals surface area contributed by atoms with E-state index in [1.54, 1.807) is 24.3 Å². The third-order valence-electron chi connectivity index (χ3n) is 6.78. The number of ether oxygens (including phenoxy) is 2. The fourth-order valence-electron chi connectivity index (χ4n) is 4.70. The van der Waals surface area contributed by atoms with Crippen LogP contribution in [0.4, 0.5) is 4.39 Å². The first-order valence-corrected chi connectivity index (χ1v) is 13.2. The molecule has 0 aromatic heterocycles. The van der Waals surface area contributed by atoms with Crippen LogP contribution in [0.3, 0.4) is 0 Å². The number of hydrogen-bond donors (Lipinski definition) is 3. The van der Waals surface area contributed by atoms with Crippen molar-refractivity contribution >= 4 is 5.91 Å². The number of amides is 1. The Balaban J connectivity index is 1.53. The number of benzene rings is 2. The number of phenols is 1. The summed E-state index contributed by atoms with van der Waals surface area (Å²) < 4.78 is 23.5. The van der Waals surface area contributed by atoms with E-state index in [0.717, 1.165) is 24.3 Å². The van der Waals surface area contributed by atoms with E-state index in [1.807, 2.05) is 12.1 Å². The van der Waals surface area contributed by atoms with Crippen molar-refractivity contribution in [3.8, 4) is 17.2 Å². The van der Waals surface area contributed by atoms with Crippen molar-refractivity contribution in [1.29, 1.82) is 0 Å². The highest BCUT2D eigenvalue weighted by Gasteiger charge is 2.24. The van der Waals surface area contributed by atoms with Gasteiger partial charge in [0.2, 0.25) is 5.91 Å². The Labute approximate surface area is 213 Å². The number of hydrogen-bond acceptors (Lipinski definition) is 5. The molecule has 7 heteroatoms. The zero-order valence-electron chi connectivity index (χ0n) is 21.0. The molecule has 198 valence electrons. The fraction of sp³-hybridized carbons (Fsp3) is 0.552. The topological polar surface area (TPSA) is 88.0 Å². The van der Waals surface area contributed by atoms with Gasteiger partial charge in [-0.2, -0.15) is 0 Å². The van der Waals surface area contributed by atoms with Gasteiger partial charge >= 0.3 is 0 Å². The van der Waals surface area contributed by atoms with Crippen molar-refractivity contribution in [3.05, 3.63) is 54.1 Å². The predicted octanol–water partition coefficient (Wildman–Crippen LogP) is 5.87. The molecule has 2 atom stereocenters. The third kappa shape index (κ3) is 9.69. The van der Waals surface area contributed by atoms with Crippen LogP contribution in [-0.2, 0) is 4.79 Å². The van der Waals surface area contributed by atoms with Gasteiger partial charge in [0.05, 0.1) is 38.5 Å². The number of aliphatic hydroxyl groups excluding tert-OH is 1. The number of carbonyl (C=O) groups excluding carboxylic acids is 1. The summed E-state index contributed by atoms with van der Waals surface area (Å²) in [5.74, 6) is 2.00. The van der Waals surface area contributed by atoms with Gasteiger partial charge in [-0.3, -0.25) is 9.18 Å². The van der Waals surface area contributed by atoms with Gasteiger partial charge in [-0.1, -0.05) is 50.7 Å². The van der Waals surface area contributed by atoms with Crippen molar-refractivity contribution in [2.45, 2.75) is 76.4 Å². The summed E-state index contributed by atoms with van der Waals surface area (Å²) in [5, 5.41) is 23.5. The van der Waals surface area contributed by atoms with Gasteiger partial charge in [-0.15, -0.1) is 0 Å². The van der Waals surface area contributed by atoms with Crippen molar-refractivity contribution in [2.24, 2.45) is 5.92 Å². The first kappa shape index (κ1) is 27.8. The van der Waals surface area contributed by atoms with Gasteiger partial charge in [0, 0.05) is 0 Å². The van der Waals surface area contributed by atoms with E-state index in [4.69, 9.17) is 9.47 Å². The molecule has 2 unspecified atom stereocenters. The van der Waals surface area contributed by atoms with Crippen LogP contribution < -0.4 is 14.8 Å². The summed E-state index contributed by atoms with van der Waals surface area (Å²) in [5.41, 5.74) is 0.720. The first-order chi connectivity index (χ1) is 17.5. The fourth-order valence-corrected chi connectivity index (χ4v) is 4.70. The minimum Gasteiger partial charge on any atom is -0.508 e. The Morgan fingerprint density at radius 3 is 2.25 bits per heavy atom. The van der Waals surface area contributed by atoms with Crippen LogP contribution in [0.15, 0.2) is 48.5 Å². The van der Waals surface area contributed by atoms with E-state index in [-0.39, 0.29) is 31.4 Å². The summed E-state index contributed by atoms with van der Waals surface area (Å²) in [6.07, 6.45) is 8.40. The molecule has 2 aromatic carbocycles. The molecular weight excluding hydrogens is 461 g/mol. The molecule has 0 bridgehead atoms. The van der Waals surface area contributed by atoms with E-state index in [0.29, 0.717) is 37.4 Å². The number of carbonyl (C=O) groups is 1. The van der Waals surface area contributed by atoms with Crippen LogP contribution in [0, 0.1) is 5.92 Å². The molecule has 6 nitrogen and oxygen atoms in total. The molecule has 0 heterocycles. The molecule has 3 rings (SSSR count). The van der Waals surface area contributed by atoms with Crippen molar-refractivity contribution < 1.29 is 28.9 Å². The minimum atomic E-state index is -0.837. The van der Waals surface area contributed by atoms with E-state index in [2.05, 4.69) is 5.32 Å². The van der Waals surface area contributed by atoms with Crippen molar-refractivity contribution in [2.75, 3.05) is 19.9 Å². The van der Waals surface area contributed by atoms with E-state index in [1.165, 1.54) is 37.8 Å². The monoisotopic (exact) mass is 501 g/mol. The number of halogens is 1. The molecule has 0 aliphatic heterocycles. The SMILES string of the molecule is O=C(CCOc1ccc(O)cc1)NC(CCCC1CCCC1)C(O)c1ccc(OCCCCF)cc1. The Hall–Kier alpha value is -2.80. The second-order valence-corrected chi connectivity index (χ2v) is 9.61. The highest BCUT2D eigenvalue weighted by Crippen LogP contribution is 2.30. The summed E-state index contributed by atoms with van der Waals surface area (Å²) >= 11 is 0. The summed E-state index contributed by atoms with van der Waals surface area (Å²) in [7, 11) is 0. The Morgan fingerprint density at radius 1 is 0.944 bits per heavy atom. The number of unbranched alkanes of at least 4 members (excludes halogenated alkanes) is 1. The summed E-state index contributed by atoms with van der Waals surface area (Å²) in [6.45, 7) is 0.319. The highest BCUT2D eigenvalue weighted by atomic mass is 19.1. The Bertz CT molecular complexity index is 884. The van der Waals surface area contributed by atoms with Crippen LogP contribution in [0.1, 0.15) is 75.9 Å². The maximum Gasteiger partial charge on any atom is 0.223 e. The molecule has 0 spiro atoms. The van der Waals surface area contributed by atoms with Crippen LogP contribution in [0.5, 0.6) is 17.2 Å². The lowest BCUT2D eigenvalue weighted by Crippen LogP contribution is -2.40. The van der Waals surface area contributed by atoms with Gasteiger partial charge < -0.3 is 25.0 Å². The average molecular weight is 502 g/mol. The van der Waals surface area contributed by atoms with Gasteiger partial charge in [0.15, 0.2) is 0 Å². The highest BCUT2D eigenvalue weighted by molar-refractivity contribution is 5.76. The minimum absolute atomic E-state index is 0.158. The van der Waals surface area contributed by atoms with E-state index >= 15 is 0 Å². The third-order valence-corrected chi connectivity index (χ3v) is 6.78. The lowest BCUT2D eigenvalue weighted by atomic mass is 9.94. The molecular formula is C29H40FNO5. The standard InChI is InChI=1S/C29H40FNO5/c30-19-3-4-20-35-25-14-10-23(11-15-25)29(34)27(9-5-8-22-6-1-2-7-22)31-28(33)18-21-36-26-16-12-24(32)13-17-26/h10-17,22,27,29,32,34H,1-9,18-21H2,(H,31,33). The van der Waals surface area contributed by atoms with Gasteiger partial charge in [-0.05, 0) is 67.1 Å². The van der Waals surface area contributed by atoms with Gasteiger partial charge in [0.25, 0.3) is 0 Å². The summed E-state index contributed by atoms with van der Waals surface area (Å²) in [4.78, 5) is 12.7. The largest absolute Gasteiger partial charge is 0.508 e. The average Bonchev–Trinajstić information content (AvgIpc) is 3.41. The number of nitrogens with one attached hydrogen (secondary N) is 1. The second kappa shape index (κ2) is 15.3. The number of phenolic OH excluding ortho intramolecular Hbond substituents is 1. The molecule has 0 saturated heterocycles. The Morgan fingerprint density at radius 2 is 1.58 bits per heavy atom. The molecule has 1 aliphatic rings. The van der Waals surface area contributed by atoms with Gasteiger partial charge in [0.1, 0.15) is 17.2 Å². The second-order valence-electron chi connectivity index (χ2n) is 9.61. The lowest BCUT2D eigenvalue weighted by molar-refractivity contribution is -0.123. The maximum absolute atomic E-state index is 12.7. The first-order valence-electron chi connectivity index (χ1n) is 13.2. The molecule has 1 saturated carbocycles. The predicted molar refractivity (Wildman–Crippen MR) is 138 cm³/mol. The van der Waals surface area contributed by atoms with Crippen LogP contribution >= 0.6 is 0 Å². The smallest absolute Gasteiger partial charge is 0.223 e. The van der Waals surface area contributed by atoms with Crippen LogP contribution in [0.25, 0.3) is 0 Å². The van der Waals surface area contributed by atoms with Crippen molar-refractivity contribution in [1.82, 2.24) is 5.32 Å². The lowest BCUT2D eigenvalue weighted by Gasteiger charge is -2.25. The molecule has 3 N–H and O–H groups in total. The number of alkyl halides is 1. The quantitative estimate of drug-likeness (QED) is 0.251. The number of aromatic hydroxyl groups is 1. The van der Waals surface area contributed by atoms with Crippen LogP contribution in [-0.4, -0.2) is 42.1 Å². The molecule has 36 heavy (non-hydrogen) atoms. The molecule has 1 fully saturated rings. The number of rotatable bonds is 16. The zero-order valence-corrected chi connectivity index (χ0v) is 21.0. The van der Waals surface area contributed by atoms with E-state index in [9.17, 15) is 19.4 Å². The number of aliphatic hydroxyl groups is 1. The van der Waals surface area contributed by atoms with Crippen LogP contribution in [0.2, 0.25) is 0 Å². The molecule has 1 aliphatic carbocycles. The molecule has 2 aromatic rings. The molecule has 1 amide bonds. The van der Waals surface area contributed by atoms with E-state index < -0.39 is 12.1 Å². The Kier molecular flexibility index (Phi) is 11.8. The maximum atomic E-state index is 12.7. The van der Waals surface area contributed by atoms with Crippen molar-refractivity contribution in [3.63, 3.8) is 0 Å². The normalized spacial score (nSPS) is 15.4. The van der Waals surface area contributed by atoms with Gasteiger partial charge in [-0.25, -0.2) is 0 Å². The summed E-state index contributed by atoms with van der Waals surface area (Å²) in [6, 6.07) is 13.2.